The summed E-state index contributed by atoms with van der Waals surface area (Å²) in [6, 6.07) is 1.37. The van der Waals surface area contributed by atoms with Gasteiger partial charge in [-0.15, -0.1) is 11.8 Å². The van der Waals surface area contributed by atoms with Crippen molar-refractivity contribution in [2.45, 2.75) is 166 Å². The smallest absolute Gasteiger partial charge is 0.329 e. The van der Waals surface area contributed by atoms with E-state index < -0.39 is 41.4 Å². The van der Waals surface area contributed by atoms with E-state index in [0.29, 0.717) is 52.7 Å². The molecule has 1 unspecified atom stereocenters. The first kappa shape index (κ1) is 47.7. The average molecular weight is 905 g/mol. The van der Waals surface area contributed by atoms with Crippen LogP contribution in [0.2, 0.25) is 0 Å². The van der Waals surface area contributed by atoms with Crippen molar-refractivity contribution >= 4 is 29.6 Å². The molecule has 64 heavy (non-hydrogen) atoms. The number of nitrogens with one attached hydrogen (secondary N) is 1. The minimum atomic E-state index is -0.939. The number of ether oxygens (including phenoxy) is 7. The molecule has 0 aliphatic carbocycles. The summed E-state index contributed by atoms with van der Waals surface area (Å²) < 4.78 is 42.5. The van der Waals surface area contributed by atoms with Crippen molar-refractivity contribution < 1.29 is 47.5 Å². The molecule has 350 valence electrons. The average Bonchev–Trinajstić information content (AvgIpc) is 3.77. The van der Waals surface area contributed by atoms with Crippen LogP contribution in [-0.2, 0) is 30.3 Å². The van der Waals surface area contributed by atoms with Crippen molar-refractivity contribution in [2.75, 3.05) is 47.2 Å². The lowest BCUT2D eigenvalue weighted by Crippen LogP contribution is -2.69. The molecule has 15 heteroatoms. The summed E-state index contributed by atoms with van der Waals surface area (Å²) in [5.74, 6) is 1.37. The molecule has 6 heterocycles. The third kappa shape index (κ3) is 9.67. The zero-order valence-corrected chi connectivity index (χ0v) is 39.7. The second-order valence-corrected chi connectivity index (χ2v) is 19.2. The molecular formula is C49H68N4O10S. The molecule has 2 aromatic rings. The Morgan fingerprint density at radius 1 is 0.906 bits per heavy atom. The van der Waals surface area contributed by atoms with Crippen LogP contribution in [0.4, 0.5) is 0 Å². The molecular weight excluding hydrogens is 837 g/mol. The Kier molecular flexibility index (Phi) is 16.3. The van der Waals surface area contributed by atoms with Gasteiger partial charge in [0.25, 0.3) is 0 Å². The van der Waals surface area contributed by atoms with E-state index in [0.717, 1.165) is 41.5 Å². The van der Waals surface area contributed by atoms with Gasteiger partial charge < -0.3 is 38.5 Å². The van der Waals surface area contributed by atoms with Gasteiger partial charge in [0.15, 0.2) is 29.8 Å². The number of fused-ring (bicyclic) bond motifs is 10. The highest BCUT2D eigenvalue weighted by Gasteiger charge is 2.61. The SMILES string of the molecule is CCCCCCCCCCCCCCCC(=O)N[C@H]1CS[C@@H]2c3c(OC(C)=O)c(C)c4c(c3[C@H](COC1=O)N1C2[C@H]2c3c(cc(C)c(OC)c3OCOC)C[C@@H]([C@@H]1C#N)N2C)OCO4. The van der Waals surface area contributed by atoms with Crippen LogP contribution in [0.15, 0.2) is 6.07 Å². The lowest BCUT2D eigenvalue weighted by atomic mass is 9.71. The minimum Gasteiger partial charge on any atom is -0.493 e. The summed E-state index contributed by atoms with van der Waals surface area (Å²) in [4.78, 5) is 45.1. The largest absolute Gasteiger partial charge is 0.493 e. The number of hydrogen-bond acceptors (Lipinski definition) is 14. The number of aryl methyl sites for hydroxylation is 1. The van der Waals surface area contributed by atoms with Crippen molar-refractivity contribution in [1.29, 1.82) is 5.26 Å². The number of unbranched alkanes of at least 4 members (excludes halogenated alkanes) is 12. The fourth-order valence-corrected chi connectivity index (χ4v) is 12.4. The molecule has 0 radical (unpaired) electrons. The third-order valence-corrected chi connectivity index (χ3v) is 15.2. The zero-order chi connectivity index (χ0) is 45.5. The number of thioether (sulfide) groups is 1. The van der Waals surface area contributed by atoms with Gasteiger partial charge >= 0.3 is 11.9 Å². The van der Waals surface area contributed by atoms with Crippen molar-refractivity contribution in [2.24, 2.45) is 0 Å². The van der Waals surface area contributed by atoms with E-state index in [1.807, 2.05) is 20.9 Å². The summed E-state index contributed by atoms with van der Waals surface area (Å²) in [6.07, 6.45) is 16.6. The van der Waals surface area contributed by atoms with Crippen molar-refractivity contribution in [3.8, 4) is 34.8 Å². The van der Waals surface area contributed by atoms with E-state index in [4.69, 9.17) is 33.2 Å². The molecule has 14 nitrogen and oxygen atoms in total. The monoisotopic (exact) mass is 904 g/mol. The number of methoxy groups -OCH3 is 2. The first-order valence-corrected chi connectivity index (χ1v) is 24.5. The van der Waals surface area contributed by atoms with Gasteiger partial charge in [-0.3, -0.25) is 19.4 Å². The van der Waals surface area contributed by atoms with E-state index in [1.165, 1.54) is 82.9 Å². The van der Waals surface area contributed by atoms with Gasteiger partial charge in [-0.2, -0.15) is 5.26 Å². The predicted molar refractivity (Wildman–Crippen MR) is 243 cm³/mol. The van der Waals surface area contributed by atoms with Gasteiger partial charge in [0.1, 0.15) is 24.4 Å². The quantitative estimate of drug-likeness (QED) is 0.0584. The van der Waals surface area contributed by atoms with Crippen LogP contribution in [0.1, 0.15) is 154 Å². The summed E-state index contributed by atoms with van der Waals surface area (Å²) in [7, 11) is 5.24. The minimum absolute atomic E-state index is 0.0130. The van der Waals surface area contributed by atoms with E-state index in [9.17, 15) is 19.6 Å². The number of amides is 1. The number of rotatable bonds is 20. The molecule has 2 aromatic carbocycles. The Balaban J connectivity index is 1.19. The van der Waals surface area contributed by atoms with Crippen molar-refractivity contribution in [1.82, 2.24) is 15.1 Å². The second kappa shape index (κ2) is 21.8. The van der Waals surface area contributed by atoms with E-state index >= 15 is 0 Å². The molecule has 4 bridgehead atoms. The summed E-state index contributed by atoms with van der Waals surface area (Å²) in [5, 5.41) is 13.7. The zero-order valence-electron chi connectivity index (χ0n) is 38.9. The maximum absolute atomic E-state index is 14.1. The maximum atomic E-state index is 14.1. The first-order valence-electron chi connectivity index (χ1n) is 23.5. The number of hydrogen-bond donors (Lipinski definition) is 1. The lowest BCUT2D eigenvalue weighted by molar-refractivity contribution is -0.152. The number of benzene rings is 2. The fraction of sp³-hybridized carbons (Fsp3) is 0.673. The fourth-order valence-electron chi connectivity index (χ4n) is 10.9. The van der Waals surface area contributed by atoms with Crippen LogP contribution < -0.4 is 29.0 Å². The van der Waals surface area contributed by atoms with Crippen LogP contribution in [0.3, 0.4) is 0 Å². The summed E-state index contributed by atoms with van der Waals surface area (Å²) in [5.41, 5.74) is 4.86. The number of nitriles is 1. The van der Waals surface area contributed by atoms with Gasteiger partial charge in [0.2, 0.25) is 12.7 Å². The standard InChI is InChI=1S/C49H68N4O10S/c1-8-9-10-11-12-13-14-15-16-17-18-19-20-21-37(55)51-33-26-64-48-40-39(47-45(61-28-62-47)30(3)44(40)63-31(4)54)36(25-59-49(33)56)53-35(24-50)34-23-32-22-29(2)43(58-7)46(60-27-57-6)38(32)41(42(48)53)52(34)5/h22,33-36,41-42,48H,8-21,23,25-28H2,1-7H3,(H,51,55)/t33-,34-,35-,36-,41+,42?,48+/m0/s1. The lowest BCUT2D eigenvalue weighted by Gasteiger charge is -2.61. The number of carbonyl (C=O) groups excluding carboxylic acids is 3. The highest BCUT2D eigenvalue weighted by molar-refractivity contribution is 7.99. The Labute approximate surface area is 383 Å². The highest BCUT2D eigenvalue weighted by atomic mass is 32.2. The molecule has 1 amide bonds. The topological polar surface area (TPSA) is 158 Å². The Hall–Kier alpha value is -4.23. The molecule has 2 saturated heterocycles. The van der Waals surface area contributed by atoms with Crippen LogP contribution in [-0.4, -0.2) is 99.0 Å². The number of carbonyl (C=O) groups is 3. The van der Waals surface area contributed by atoms with Crippen molar-refractivity contribution in [3.05, 3.63) is 39.4 Å². The predicted octanol–water partition coefficient (Wildman–Crippen LogP) is 8.47. The van der Waals surface area contributed by atoms with Crippen LogP contribution in [0.25, 0.3) is 0 Å². The number of esters is 2. The normalized spacial score (nSPS) is 24.5. The van der Waals surface area contributed by atoms with Crippen molar-refractivity contribution in [3.63, 3.8) is 0 Å². The molecule has 0 spiro atoms. The van der Waals surface area contributed by atoms with Crippen LogP contribution in [0.5, 0.6) is 28.7 Å². The van der Waals surface area contributed by atoms with E-state index in [2.05, 4.69) is 34.2 Å². The number of piperazine rings is 1. The third-order valence-electron chi connectivity index (χ3n) is 13.8. The molecule has 2 fully saturated rings. The molecule has 7 atom stereocenters. The number of likely N-dealkylation sites (N-methyl/N-ethyl adjacent to an activating group) is 1. The van der Waals surface area contributed by atoms with Crippen LogP contribution >= 0.6 is 11.8 Å². The molecule has 1 N–H and O–H groups in total. The Morgan fingerprint density at radius 3 is 2.22 bits per heavy atom. The van der Waals surface area contributed by atoms with Gasteiger partial charge in [-0.1, -0.05) is 90.0 Å². The molecule has 6 aliphatic rings. The van der Waals surface area contributed by atoms with E-state index in [1.54, 1.807) is 14.2 Å². The van der Waals surface area contributed by atoms with Gasteiger partial charge in [0, 0.05) is 60.5 Å². The first-order chi connectivity index (χ1) is 31.1. The molecule has 0 aromatic heterocycles. The molecule has 0 saturated carbocycles. The summed E-state index contributed by atoms with van der Waals surface area (Å²) in [6.45, 7) is 7.24. The van der Waals surface area contributed by atoms with Gasteiger partial charge in [-0.05, 0) is 44.9 Å². The number of nitrogens with zero attached hydrogens (tertiary/aromatic N) is 3. The maximum Gasteiger partial charge on any atom is 0.329 e. The van der Waals surface area contributed by atoms with Gasteiger partial charge in [0.05, 0.1) is 30.5 Å². The Bertz CT molecular complexity index is 2060. The van der Waals surface area contributed by atoms with E-state index in [-0.39, 0.29) is 43.9 Å². The Morgan fingerprint density at radius 2 is 1.58 bits per heavy atom. The van der Waals surface area contributed by atoms with Crippen LogP contribution in [0, 0.1) is 25.2 Å². The molecule has 6 aliphatic heterocycles. The summed E-state index contributed by atoms with van der Waals surface area (Å²) >= 11 is 1.48. The molecule has 8 rings (SSSR count). The highest BCUT2D eigenvalue weighted by Crippen LogP contribution is 2.64. The van der Waals surface area contributed by atoms with Gasteiger partial charge in [-0.25, -0.2) is 4.79 Å². The second-order valence-electron chi connectivity index (χ2n) is 18.0.